The Morgan fingerprint density at radius 1 is 1.09 bits per heavy atom. The minimum atomic E-state index is -1.69. The maximum absolute atomic E-state index is 13.5. The maximum Gasteiger partial charge on any atom is 0.313 e. The summed E-state index contributed by atoms with van der Waals surface area (Å²) in [6.07, 6.45) is 4.71. The van der Waals surface area contributed by atoms with Gasteiger partial charge in [-0.05, 0) is 25.0 Å². The van der Waals surface area contributed by atoms with E-state index in [0.29, 0.717) is 6.07 Å². The van der Waals surface area contributed by atoms with Crippen LogP contribution in [0.2, 0.25) is 0 Å². The Kier molecular flexibility index (Phi) is 5.05. The fourth-order valence-electron chi connectivity index (χ4n) is 2.59. The van der Waals surface area contributed by atoms with Crippen LogP contribution in [0.1, 0.15) is 32.1 Å². The van der Waals surface area contributed by atoms with Crippen LogP contribution in [0.15, 0.2) is 12.1 Å². The summed E-state index contributed by atoms with van der Waals surface area (Å²) in [4.78, 5) is 25.2. The molecule has 1 fully saturated rings. The summed E-state index contributed by atoms with van der Waals surface area (Å²) in [5, 5.41) is 1.99. The number of anilines is 1. The van der Waals surface area contributed by atoms with Crippen molar-refractivity contribution in [2.75, 3.05) is 12.4 Å². The number of benzene rings is 1. The lowest BCUT2D eigenvalue weighted by Gasteiger charge is -2.30. The summed E-state index contributed by atoms with van der Waals surface area (Å²) in [5.74, 6) is -6.47. The van der Waals surface area contributed by atoms with Gasteiger partial charge in [-0.15, -0.1) is 0 Å². The van der Waals surface area contributed by atoms with Gasteiger partial charge < -0.3 is 10.2 Å². The van der Waals surface area contributed by atoms with E-state index < -0.39 is 35.0 Å². The summed E-state index contributed by atoms with van der Waals surface area (Å²) in [6, 6.07) is 1.53. The summed E-state index contributed by atoms with van der Waals surface area (Å²) in [5.41, 5.74) is -0.561. The van der Waals surface area contributed by atoms with Crippen LogP contribution in [0.5, 0.6) is 0 Å². The van der Waals surface area contributed by atoms with Gasteiger partial charge in [-0.3, -0.25) is 9.59 Å². The van der Waals surface area contributed by atoms with E-state index in [1.807, 2.05) is 5.32 Å². The van der Waals surface area contributed by atoms with Gasteiger partial charge in [0, 0.05) is 13.1 Å². The highest BCUT2D eigenvalue weighted by atomic mass is 19.2. The zero-order valence-corrected chi connectivity index (χ0v) is 12.2. The lowest BCUT2D eigenvalue weighted by molar-refractivity contribution is -0.144. The van der Waals surface area contributed by atoms with Gasteiger partial charge in [0.15, 0.2) is 17.5 Å². The number of carbonyl (C=O) groups is 2. The molecule has 0 aromatic heterocycles. The Morgan fingerprint density at radius 2 is 1.73 bits per heavy atom. The quantitative estimate of drug-likeness (QED) is 0.674. The number of nitrogens with zero attached hydrogens (tertiary/aromatic N) is 1. The smallest absolute Gasteiger partial charge is 0.313 e. The molecular weight excluding hydrogens is 297 g/mol. The highest BCUT2D eigenvalue weighted by Crippen LogP contribution is 2.23. The van der Waals surface area contributed by atoms with E-state index in [1.165, 1.54) is 11.9 Å². The fraction of sp³-hybridized carbons (Fsp3) is 0.467. The van der Waals surface area contributed by atoms with Gasteiger partial charge in [-0.25, -0.2) is 13.2 Å². The van der Waals surface area contributed by atoms with Crippen molar-refractivity contribution in [3.63, 3.8) is 0 Å². The molecule has 1 saturated carbocycles. The first-order chi connectivity index (χ1) is 10.4. The lowest BCUT2D eigenvalue weighted by atomic mass is 9.94. The number of hydrogen-bond acceptors (Lipinski definition) is 2. The molecule has 0 heterocycles. The molecule has 1 N–H and O–H groups in total. The van der Waals surface area contributed by atoms with Crippen molar-refractivity contribution < 1.29 is 22.8 Å². The van der Waals surface area contributed by atoms with Crippen molar-refractivity contribution in [2.45, 2.75) is 38.1 Å². The molecular formula is C15H17F3N2O2. The molecule has 0 unspecified atom stereocenters. The van der Waals surface area contributed by atoms with Gasteiger partial charge >= 0.3 is 11.8 Å². The largest absolute Gasteiger partial charge is 0.335 e. The minimum absolute atomic E-state index is 0.0261. The van der Waals surface area contributed by atoms with E-state index in [0.717, 1.165) is 38.2 Å². The number of amides is 2. The number of rotatable bonds is 2. The van der Waals surface area contributed by atoms with E-state index in [-0.39, 0.29) is 6.04 Å². The molecule has 7 heteroatoms. The molecule has 1 aromatic rings. The number of hydrogen-bond donors (Lipinski definition) is 1. The Balaban J connectivity index is 2.05. The molecule has 1 aromatic carbocycles. The highest BCUT2D eigenvalue weighted by Gasteiger charge is 2.27. The zero-order valence-electron chi connectivity index (χ0n) is 12.2. The third-order valence-corrected chi connectivity index (χ3v) is 3.92. The predicted molar refractivity (Wildman–Crippen MR) is 74.6 cm³/mol. The summed E-state index contributed by atoms with van der Waals surface area (Å²) >= 11 is 0. The van der Waals surface area contributed by atoms with Gasteiger partial charge in [0.25, 0.3) is 0 Å². The Morgan fingerprint density at radius 3 is 2.36 bits per heavy atom. The van der Waals surface area contributed by atoms with Crippen molar-refractivity contribution in [3.05, 3.63) is 29.6 Å². The van der Waals surface area contributed by atoms with E-state index in [1.54, 1.807) is 0 Å². The van der Waals surface area contributed by atoms with Gasteiger partial charge in [0.2, 0.25) is 0 Å². The van der Waals surface area contributed by atoms with Crippen LogP contribution in [-0.4, -0.2) is 29.8 Å². The van der Waals surface area contributed by atoms with Crippen molar-refractivity contribution in [1.82, 2.24) is 4.90 Å². The zero-order chi connectivity index (χ0) is 16.3. The Bertz CT molecular complexity index is 586. The van der Waals surface area contributed by atoms with Crippen LogP contribution in [-0.2, 0) is 9.59 Å². The molecule has 120 valence electrons. The molecule has 22 heavy (non-hydrogen) atoms. The molecule has 2 amide bonds. The third kappa shape index (κ3) is 3.40. The first kappa shape index (κ1) is 16.3. The van der Waals surface area contributed by atoms with Gasteiger partial charge in [-0.2, -0.15) is 0 Å². The third-order valence-electron chi connectivity index (χ3n) is 3.92. The van der Waals surface area contributed by atoms with Crippen molar-refractivity contribution in [3.8, 4) is 0 Å². The molecule has 2 rings (SSSR count). The molecule has 1 aliphatic rings. The molecule has 0 aliphatic heterocycles. The second-order valence-corrected chi connectivity index (χ2v) is 5.38. The van der Waals surface area contributed by atoms with Crippen LogP contribution in [0.4, 0.5) is 18.9 Å². The standard InChI is InChI=1S/C15H17F3N2O2/c1-20(9-5-3-2-4-6-9)15(22)14(21)19-11-8-7-10(16)12(17)13(11)18/h7-9H,2-6H2,1H3,(H,19,21). The minimum Gasteiger partial charge on any atom is -0.335 e. The van der Waals surface area contributed by atoms with Gasteiger partial charge in [0.05, 0.1) is 5.69 Å². The summed E-state index contributed by atoms with van der Waals surface area (Å²) in [7, 11) is 1.51. The van der Waals surface area contributed by atoms with Crippen LogP contribution in [0.3, 0.4) is 0 Å². The second kappa shape index (κ2) is 6.81. The van der Waals surface area contributed by atoms with Gasteiger partial charge in [0.1, 0.15) is 0 Å². The lowest BCUT2D eigenvalue weighted by Crippen LogP contribution is -2.44. The topological polar surface area (TPSA) is 49.4 Å². The van der Waals surface area contributed by atoms with E-state index in [4.69, 9.17) is 0 Å². The monoisotopic (exact) mass is 314 g/mol. The predicted octanol–water partition coefficient (Wildman–Crippen LogP) is 2.83. The van der Waals surface area contributed by atoms with Crippen LogP contribution < -0.4 is 5.32 Å². The molecule has 0 atom stereocenters. The first-order valence-corrected chi connectivity index (χ1v) is 7.13. The van der Waals surface area contributed by atoms with Crippen molar-refractivity contribution >= 4 is 17.5 Å². The molecule has 0 saturated heterocycles. The second-order valence-electron chi connectivity index (χ2n) is 5.38. The molecule has 4 nitrogen and oxygen atoms in total. The number of nitrogens with one attached hydrogen (secondary N) is 1. The highest BCUT2D eigenvalue weighted by molar-refractivity contribution is 6.39. The van der Waals surface area contributed by atoms with Crippen LogP contribution in [0.25, 0.3) is 0 Å². The average molecular weight is 314 g/mol. The maximum atomic E-state index is 13.5. The van der Waals surface area contributed by atoms with E-state index in [9.17, 15) is 22.8 Å². The number of carbonyl (C=O) groups excluding carboxylic acids is 2. The van der Waals surface area contributed by atoms with Crippen molar-refractivity contribution in [1.29, 1.82) is 0 Å². The SMILES string of the molecule is CN(C(=O)C(=O)Nc1ccc(F)c(F)c1F)C1CCCCC1. The Labute approximate surface area is 126 Å². The number of likely N-dealkylation sites (N-methyl/N-ethyl adjacent to an activating group) is 1. The summed E-state index contributed by atoms with van der Waals surface area (Å²) in [6.45, 7) is 0. The van der Waals surface area contributed by atoms with Crippen molar-refractivity contribution in [2.24, 2.45) is 0 Å². The van der Waals surface area contributed by atoms with Gasteiger partial charge in [-0.1, -0.05) is 19.3 Å². The molecule has 1 aliphatic carbocycles. The van der Waals surface area contributed by atoms with E-state index >= 15 is 0 Å². The van der Waals surface area contributed by atoms with Crippen LogP contribution in [0, 0.1) is 17.5 Å². The fourth-order valence-corrected chi connectivity index (χ4v) is 2.59. The normalized spacial score (nSPS) is 15.5. The number of halogens is 3. The molecule has 0 spiro atoms. The average Bonchev–Trinajstić information content (AvgIpc) is 2.54. The first-order valence-electron chi connectivity index (χ1n) is 7.13. The molecule has 0 radical (unpaired) electrons. The molecule has 0 bridgehead atoms. The van der Waals surface area contributed by atoms with Crippen LogP contribution >= 0.6 is 0 Å². The van der Waals surface area contributed by atoms with E-state index in [2.05, 4.69) is 0 Å². The summed E-state index contributed by atoms with van der Waals surface area (Å²) < 4.78 is 39.4. The Hall–Kier alpha value is -2.05.